The Hall–Kier alpha value is -1.83. The second-order valence-corrected chi connectivity index (χ2v) is 11.7. The molecule has 170 valence electrons. The third-order valence-electron chi connectivity index (χ3n) is 4.45. The van der Waals surface area contributed by atoms with Crippen molar-refractivity contribution >= 4 is 58.5 Å². The lowest BCUT2D eigenvalue weighted by Gasteiger charge is -2.10. The molecule has 3 nitrogen and oxygen atoms in total. The molecule has 0 atom stereocenters. The quantitative estimate of drug-likeness (QED) is 0.125. The topological polar surface area (TPSA) is 43.1 Å². The zero-order chi connectivity index (χ0) is 24.0. The Morgan fingerprint density at radius 1 is 0.667 bits per heavy atom. The molecule has 0 radical (unpaired) electrons. The van der Waals surface area contributed by atoms with E-state index in [1.807, 2.05) is 93.6 Å². The highest BCUT2D eigenvalue weighted by Crippen LogP contribution is 2.46. The van der Waals surface area contributed by atoms with Gasteiger partial charge in [-0.05, 0) is 57.2 Å². The highest BCUT2D eigenvalue weighted by atomic mass is 35.5. The molecule has 0 aromatic heterocycles. The maximum Gasteiger partial charge on any atom is 0.310 e. The minimum atomic E-state index is -0.460. The summed E-state index contributed by atoms with van der Waals surface area (Å²) in [5.41, 5.74) is 3.13. The number of hydrogen-bond acceptors (Lipinski definition) is 5. The summed E-state index contributed by atoms with van der Waals surface area (Å²) in [6.45, 7) is 5.98. The van der Waals surface area contributed by atoms with Gasteiger partial charge in [0.05, 0.1) is 4.92 Å². The van der Waals surface area contributed by atoms with Crippen LogP contribution in [-0.4, -0.2) is 4.92 Å². The molecule has 0 heterocycles. The van der Waals surface area contributed by atoms with Gasteiger partial charge in [0.25, 0.3) is 0 Å². The van der Waals surface area contributed by atoms with E-state index in [4.69, 9.17) is 23.2 Å². The van der Waals surface area contributed by atoms with Gasteiger partial charge in [0.1, 0.15) is 13.6 Å². The van der Waals surface area contributed by atoms with E-state index in [0.29, 0.717) is 4.24 Å². The summed E-state index contributed by atoms with van der Waals surface area (Å²) in [4.78, 5) is 14.4. The van der Waals surface area contributed by atoms with Crippen LogP contribution in [-0.2, 0) is 0 Å². The summed E-state index contributed by atoms with van der Waals surface area (Å²) >= 11 is 16.8. The molecule has 0 saturated carbocycles. The van der Waals surface area contributed by atoms with Crippen LogP contribution in [0.4, 0.5) is 0 Å². The number of rotatable bonds is 8. The van der Waals surface area contributed by atoms with Crippen molar-refractivity contribution in [3.05, 3.63) is 119 Å². The second-order valence-electron chi connectivity index (χ2n) is 7.23. The largest absolute Gasteiger partial charge is 0.310 e. The van der Waals surface area contributed by atoms with E-state index in [0.717, 1.165) is 31.4 Å². The molecule has 8 heteroatoms. The fourth-order valence-corrected chi connectivity index (χ4v) is 6.31. The first-order valence-electron chi connectivity index (χ1n) is 9.91. The highest BCUT2D eigenvalue weighted by molar-refractivity contribution is 8.22. The number of aryl methyl sites for hydroxylation is 3. The lowest BCUT2D eigenvalue weighted by atomic mass is 10.2. The SMILES string of the molecule is Cc1ccc(SC(Sc2ccc(C)cc2)=C(/C(Cl)=C(\Cl)Sc2ccc(C)cc2)[N+](=O)[O-])cc1. The molecule has 0 fully saturated rings. The average molecular weight is 535 g/mol. The van der Waals surface area contributed by atoms with Gasteiger partial charge in [0, 0.05) is 14.7 Å². The molecule has 0 unspecified atom stereocenters. The monoisotopic (exact) mass is 533 g/mol. The van der Waals surface area contributed by atoms with Gasteiger partial charge in [-0.2, -0.15) is 0 Å². The van der Waals surface area contributed by atoms with Gasteiger partial charge in [-0.25, -0.2) is 0 Å². The van der Waals surface area contributed by atoms with E-state index >= 15 is 0 Å². The maximum absolute atomic E-state index is 12.2. The lowest BCUT2D eigenvalue weighted by molar-refractivity contribution is -0.419. The second kappa shape index (κ2) is 12.0. The number of thioether (sulfide) groups is 3. The summed E-state index contributed by atoms with van der Waals surface area (Å²) in [6.07, 6.45) is 0. The van der Waals surface area contributed by atoms with E-state index in [9.17, 15) is 10.1 Å². The number of halogens is 2. The van der Waals surface area contributed by atoms with Gasteiger partial charge in [-0.15, -0.1) is 0 Å². The number of nitrogens with zero attached hydrogens (tertiary/aromatic N) is 1. The van der Waals surface area contributed by atoms with Gasteiger partial charge in [-0.1, -0.05) is 112 Å². The molecule has 0 aliphatic heterocycles. The summed E-state index contributed by atoms with van der Waals surface area (Å²) in [7, 11) is 0. The summed E-state index contributed by atoms with van der Waals surface area (Å²) < 4.78 is 0.596. The van der Waals surface area contributed by atoms with Crippen molar-refractivity contribution in [1.29, 1.82) is 0 Å². The molecule has 33 heavy (non-hydrogen) atoms. The predicted molar refractivity (Wildman–Crippen MR) is 144 cm³/mol. The van der Waals surface area contributed by atoms with Crippen LogP contribution in [0.25, 0.3) is 0 Å². The Morgan fingerprint density at radius 2 is 1.00 bits per heavy atom. The zero-order valence-electron chi connectivity index (χ0n) is 18.2. The summed E-state index contributed by atoms with van der Waals surface area (Å²) in [6, 6.07) is 23.4. The molecule has 0 bridgehead atoms. The third-order valence-corrected chi connectivity index (χ3v) is 8.61. The molecule has 0 aliphatic carbocycles. The van der Waals surface area contributed by atoms with Crippen LogP contribution in [0.15, 0.2) is 107 Å². The molecule has 0 saturated heterocycles. The first kappa shape index (κ1) is 25.8. The molecule has 3 aromatic rings. The van der Waals surface area contributed by atoms with Crippen molar-refractivity contribution in [3.8, 4) is 0 Å². The molecule has 0 amide bonds. The van der Waals surface area contributed by atoms with Crippen LogP contribution in [0.5, 0.6) is 0 Å². The van der Waals surface area contributed by atoms with Crippen molar-refractivity contribution in [2.24, 2.45) is 0 Å². The number of nitro groups is 1. The van der Waals surface area contributed by atoms with Crippen molar-refractivity contribution in [1.82, 2.24) is 0 Å². The maximum atomic E-state index is 12.2. The Morgan fingerprint density at radius 3 is 1.33 bits per heavy atom. The van der Waals surface area contributed by atoms with E-state index in [2.05, 4.69) is 0 Å². The molecule has 3 rings (SSSR count). The van der Waals surface area contributed by atoms with Crippen molar-refractivity contribution in [2.45, 2.75) is 35.5 Å². The van der Waals surface area contributed by atoms with Crippen LogP contribution in [0.3, 0.4) is 0 Å². The molecule has 0 N–H and O–H groups in total. The van der Waals surface area contributed by atoms with Crippen LogP contribution >= 0.6 is 58.5 Å². The third kappa shape index (κ3) is 7.59. The molecule has 3 aromatic carbocycles. The predicted octanol–water partition coefficient (Wildman–Crippen LogP) is 9.38. The molecule has 0 aliphatic rings. The number of hydrogen-bond donors (Lipinski definition) is 0. The normalized spacial score (nSPS) is 11.7. The Kier molecular flexibility index (Phi) is 9.41. The summed E-state index contributed by atoms with van der Waals surface area (Å²) in [5, 5.41) is 12.1. The van der Waals surface area contributed by atoms with Gasteiger partial charge in [-0.3, -0.25) is 10.1 Å². The minimum Gasteiger partial charge on any atom is -0.258 e. The van der Waals surface area contributed by atoms with Gasteiger partial charge in [0.15, 0.2) is 0 Å². The molecular formula is C25H21Cl2NO2S3. The standard InChI is InChI=1S/C25H21Cl2NO2S3/c1-16-4-10-19(11-5-16)31-24(27)22(26)23(28(29)30)25(32-20-12-6-17(2)7-13-20)33-21-14-8-18(3)9-15-21/h4-15H,1-3H3/b24-22-. The van der Waals surface area contributed by atoms with Crippen LogP contribution < -0.4 is 0 Å². The van der Waals surface area contributed by atoms with E-state index in [1.165, 1.54) is 35.3 Å². The van der Waals surface area contributed by atoms with Gasteiger partial charge in [0.2, 0.25) is 0 Å². The number of benzene rings is 3. The fraction of sp³-hybridized carbons (Fsp3) is 0.120. The molecular weight excluding hydrogens is 513 g/mol. The first-order chi connectivity index (χ1) is 15.7. The van der Waals surface area contributed by atoms with Crippen molar-refractivity contribution in [2.75, 3.05) is 0 Å². The lowest BCUT2D eigenvalue weighted by Crippen LogP contribution is -2.02. The Labute approximate surface area is 216 Å². The van der Waals surface area contributed by atoms with E-state index < -0.39 is 4.92 Å². The van der Waals surface area contributed by atoms with Gasteiger partial charge >= 0.3 is 5.70 Å². The summed E-state index contributed by atoms with van der Waals surface area (Å²) in [5.74, 6) is 0. The first-order valence-corrected chi connectivity index (χ1v) is 13.1. The fourth-order valence-electron chi connectivity index (χ4n) is 2.64. The number of allylic oxidation sites excluding steroid dienone is 1. The van der Waals surface area contributed by atoms with E-state index in [1.54, 1.807) is 0 Å². The average Bonchev–Trinajstić information content (AvgIpc) is 2.78. The van der Waals surface area contributed by atoms with Gasteiger partial charge < -0.3 is 0 Å². The Bertz CT molecular complexity index is 1140. The van der Waals surface area contributed by atoms with Crippen molar-refractivity contribution in [3.63, 3.8) is 0 Å². The highest BCUT2D eigenvalue weighted by Gasteiger charge is 2.27. The van der Waals surface area contributed by atoms with Crippen LogP contribution in [0.2, 0.25) is 0 Å². The van der Waals surface area contributed by atoms with E-state index in [-0.39, 0.29) is 15.1 Å². The van der Waals surface area contributed by atoms with Crippen LogP contribution in [0.1, 0.15) is 16.7 Å². The zero-order valence-corrected chi connectivity index (χ0v) is 22.1. The molecule has 0 spiro atoms. The smallest absolute Gasteiger partial charge is 0.258 e. The Balaban J connectivity index is 2.05. The van der Waals surface area contributed by atoms with Crippen molar-refractivity contribution < 1.29 is 4.92 Å². The minimum absolute atomic E-state index is 0.0820. The van der Waals surface area contributed by atoms with Crippen LogP contribution in [0, 0.1) is 30.9 Å².